The smallest absolute Gasteiger partial charge is 0.258 e. The molecule has 0 spiro atoms. The third-order valence-electron chi connectivity index (χ3n) is 3.26. The van der Waals surface area contributed by atoms with Crippen molar-refractivity contribution in [3.05, 3.63) is 29.0 Å². The van der Waals surface area contributed by atoms with Crippen LogP contribution in [0.4, 0.5) is 5.69 Å². The van der Waals surface area contributed by atoms with Gasteiger partial charge in [-0.2, -0.15) is 4.98 Å². The number of anilines is 1. The second kappa shape index (κ2) is 5.42. The summed E-state index contributed by atoms with van der Waals surface area (Å²) in [5, 5.41) is 4.58. The second-order valence-corrected chi connectivity index (χ2v) is 5.38. The lowest BCUT2D eigenvalue weighted by Gasteiger charge is -2.10. The van der Waals surface area contributed by atoms with E-state index < -0.39 is 0 Å². The van der Waals surface area contributed by atoms with Crippen molar-refractivity contribution in [2.24, 2.45) is 5.92 Å². The van der Waals surface area contributed by atoms with Crippen molar-refractivity contribution < 1.29 is 9.26 Å². The summed E-state index contributed by atoms with van der Waals surface area (Å²) >= 11 is 5.99. The molecule has 6 heteroatoms. The lowest BCUT2D eigenvalue weighted by atomic mass is 10.2. The molecular formula is C14H16ClN3O2. The Hall–Kier alpha value is -1.59. The van der Waals surface area contributed by atoms with Crippen LogP contribution in [0.15, 0.2) is 22.7 Å². The van der Waals surface area contributed by atoms with Crippen LogP contribution in [-0.2, 0) is 4.74 Å². The van der Waals surface area contributed by atoms with Gasteiger partial charge in [0.15, 0.2) is 0 Å². The molecule has 0 radical (unpaired) electrons. The number of benzene rings is 1. The van der Waals surface area contributed by atoms with Gasteiger partial charge in [-0.3, -0.25) is 0 Å². The highest BCUT2D eigenvalue weighted by Crippen LogP contribution is 2.42. The zero-order chi connectivity index (χ0) is 14.1. The summed E-state index contributed by atoms with van der Waals surface area (Å²) in [6.07, 6.45) is 2.23. The van der Waals surface area contributed by atoms with E-state index in [0.29, 0.717) is 34.9 Å². The van der Waals surface area contributed by atoms with Gasteiger partial charge in [-0.15, -0.1) is 0 Å². The Morgan fingerprint density at radius 3 is 2.90 bits per heavy atom. The first-order valence-corrected chi connectivity index (χ1v) is 7.07. The number of halogens is 1. The Bertz CT molecular complexity index is 590. The van der Waals surface area contributed by atoms with Gasteiger partial charge in [-0.25, -0.2) is 0 Å². The molecule has 1 heterocycles. The average molecular weight is 294 g/mol. The van der Waals surface area contributed by atoms with Gasteiger partial charge in [0.1, 0.15) is 6.10 Å². The van der Waals surface area contributed by atoms with Crippen LogP contribution in [0, 0.1) is 5.92 Å². The summed E-state index contributed by atoms with van der Waals surface area (Å²) in [5.41, 5.74) is 7.06. The first kappa shape index (κ1) is 13.4. The molecule has 1 saturated carbocycles. The molecule has 1 aliphatic rings. The fourth-order valence-corrected chi connectivity index (χ4v) is 2.45. The van der Waals surface area contributed by atoms with E-state index >= 15 is 0 Å². The van der Waals surface area contributed by atoms with Gasteiger partial charge in [-0.1, -0.05) is 16.8 Å². The van der Waals surface area contributed by atoms with E-state index in [0.717, 1.165) is 18.4 Å². The van der Waals surface area contributed by atoms with E-state index in [2.05, 4.69) is 10.1 Å². The zero-order valence-electron chi connectivity index (χ0n) is 11.2. The number of rotatable bonds is 5. The van der Waals surface area contributed by atoms with Crippen LogP contribution >= 0.6 is 11.6 Å². The average Bonchev–Trinajstić information content (AvgIpc) is 3.11. The van der Waals surface area contributed by atoms with Crippen LogP contribution in [0.25, 0.3) is 11.5 Å². The Kier molecular flexibility index (Phi) is 3.63. The van der Waals surface area contributed by atoms with Crippen LogP contribution in [0.1, 0.15) is 31.7 Å². The predicted octanol–water partition coefficient (Wildman–Crippen LogP) is 3.46. The number of ether oxygens (including phenoxy) is 1. The number of hydrogen-bond acceptors (Lipinski definition) is 5. The van der Waals surface area contributed by atoms with Crippen LogP contribution in [0.3, 0.4) is 0 Å². The lowest BCUT2D eigenvalue weighted by molar-refractivity contribution is 0.0385. The van der Waals surface area contributed by atoms with Crippen molar-refractivity contribution in [2.75, 3.05) is 12.3 Å². The Morgan fingerprint density at radius 1 is 1.45 bits per heavy atom. The van der Waals surface area contributed by atoms with Gasteiger partial charge in [0, 0.05) is 22.9 Å². The summed E-state index contributed by atoms with van der Waals surface area (Å²) in [6.45, 7) is 2.60. The van der Waals surface area contributed by atoms with Crippen molar-refractivity contribution in [1.82, 2.24) is 10.1 Å². The fraction of sp³-hybridized carbons (Fsp3) is 0.429. The summed E-state index contributed by atoms with van der Waals surface area (Å²) < 4.78 is 11.0. The molecule has 2 aromatic rings. The highest BCUT2D eigenvalue weighted by Gasteiger charge is 2.36. The summed E-state index contributed by atoms with van der Waals surface area (Å²) in [7, 11) is 0. The second-order valence-electron chi connectivity index (χ2n) is 4.94. The van der Waals surface area contributed by atoms with Crippen molar-refractivity contribution >= 4 is 17.3 Å². The summed E-state index contributed by atoms with van der Waals surface area (Å²) in [4.78, 5) is 4.43. The van der Waals surface area contributed by atoms with Crippen LogP contribution < -0.4 is 5.73 Å². The minimum atomic E-state index is -0.0750. The maximum atomic E-state index is 5.99. The van der Waals surface area contributed by atoms with E-state index in [1.165, 1.54) is 0 Å². The normalized spacial score (nSPS) is 16.3. The SMILES string of the molecule is CCOC(c1noc(-c2cc(N)cc(Cl)c2)n1)C1CC1. The Morgan fingerprint density at radius 2 is 2.25 bits per heavy atom. The highest BCUT2D eigenvalue weighted by atomic mass is 35.5. The zero-order valence-corrected chi connectivity index (χ0v) is 11.9. The predicted molar refractivity (Wildman–Crippen MR) is 76.2 cm³/mol. The first-order valence-electron chi connectivity index (χ1n) is 6.69. The van der Waals surface area contributed by atoms with Gasteiger partial charge in [0.2, 0.25) is 5.82 Å². The molecule has 106 valence electrons. The van der Waals surface area contributed by atoms with E-state index in [-0.39, 0.29) is 6.10 Å². The standard InChI is InChI=1S/C14H16ClN3O2/c1-2-19-12(8-3-4-8)13-17-14(20-18-13)9-5-10(15)7-11(16)6-9/h5-8,12H,2-4,16H2,1H3. The molecular weight excluding hydrogens is 278 g/mol. The van der Waals surface area contributed by atoms with Crippen molar-refractivity contribution in [1.29, 1.82) is 0 Å². The molecule has 0 bridgehead atoms. The topological polar surface area (TPSA) is 74.2 Å². The minimum absolute atomic E-state index is 0.0750. The summed E-state index contributed by atoms with van der Waals surface area (Å²) in [6, 6.07) is 5.19. The molecule has 1 unspecified atom stereocenters. The van der Waals surface area contributed by atoms with E-state index in [9.17, 15) is 0 Å². The van der Waals surface area contributed by atoms with E-state index in [4.69, 9.17) is 26.6 Å². The third kappa shape index (κ3) is 2.78. The van der Waals surface area contributed by atoms with Gasteiger partial charge < -0.3 is 15.0 Å². The maximum absolute atomic E-state index is 5.99. The third-order valence-corrected chi connectivity index (χ3v) is 3.48. The van der Waals surface area contributed by atoms with Crippen molar-refractivity contribution in [3.8, 4) is 11.5 Å². The van der Waals surface area contributed by atoms with Crippen LogP contribution in [-0.4, -0.2) is 16.7 Å². The monoisotopic (exact) mass is 293 g/mol. The molecule has 3 rings (SSSR count). The van der Waals surface area contributed by atoms with E-state index in [1.807, 2.05) is 6.92 Å². The fourth-order valence-electron chi connectivity index (χ4n) is 2.20. The molecule has 5 nitrogen and oxygen atoms in total. The Labute approximate surface area is 122 Å². The molecule has 1 aromatic carbocycles. The molecule has 1 aromatic heterocycles. The molecule has 0 aliphatic heterocycles. The lowest BCUT2D eigenvalue weighted by Crippen LogP contribution is -2.08. The van der Waals surface area contributed by atoms with Gasteiger partial charge in [0.05, 0.1) is 0 Å². The quantitative estimate of drug-likeness (QED) is 0.855. The van der Waals surface area contributed by atoms with E-state index in [1.54, 1.807) is 18.2 Å². The maximum Gasteiger partial charge on any atom is 0.258 e. The van der Waals surface area contributed by atoms with Gasteiger partial charge in [0.25, 0.3) is 5.89 Å². The largest absolute Gasteiger partial charge is 0.399 e. The van der Waals surface area contributed by atoms with Crippen molar-refractivity contribution in [2.45, 2.75) is 25.9 Å². The molecule has 1 fully saturated rings. The van der Waals surface area contributed by atoms with Gasteiger partial charge in [-0.05, 0) is 43.9 Å². The molecule has 1 atom stereocenters. The minimum Gasteiger partial charge on any atom is -0.399 e. The molecule has 20 heavy (non-hydrogen) atoms. The number of nitrogen functional groups attached to an aromatic ring is 1. The number of hydrogen-bond donors (Lipinski definition) is 1. The molecule has 0 saturated heterocycles. The number of nitrogens with zero attached hydrogens (tertiary/aromatic N) is 2. The van der Waals surface area contributed by atoms with Gasteiger partial charge >= 0.3 is 0 Å². The number of aromatic nitrogens is 2. The molecule has 1 aliphatic carbocycles. The Balaban J connectivity index is 1.88. The van der Waals surface area contributed by atoms with Crippen LogP contribution in [0.5, 0.6) is 0 Å². The first-order chi connectivity index (χ1) is 9.67. The highest BCUT2D eigenvalue weighted by molar-refractivity contribution is 6.31. The van der Waals surface area contributed by atoms with Crippen LogP contribution in [0.2, 0.25) is 5.02 Å². The van der Waals surface area contributed by atoms with Crippen molar-refractivity contribution in [3.63, 3.8) is 0 Å². The summed E-state index contributed by atoms with van der Waals surface area (Å²) in [5.74, 6) is 1.52. The molecule has 2 N–H and O–H groups in total. The molecule has 0 amide bonds. The number of nitrogens with two attached hydrogens (primary N) is 1.